The van der Waals surface area contributed by atoms with E-state index in [2.05, 4.69) is 31.9 Å². The summed E-state index contributed by atoms with van der Waals surface area (Å²) in [6.07, 6.45) is 0. The lowest BCUT2D eigenvalue weighted by Crippen LogP contribution is -2.31. The summed E-state index contributed by atoms with van der Waals surface area (Å²) in [6, 6.07) is 12.1. The van der Waals surface area contributed by atoms with Gasteiger partial charge in [0.05, 0.1) is 0 Å². The lowest BCUT2D eigenvalue weighted by atomic mass is 10.2. The van der Waals surface area contributed by atoms with E-state index in [1.54, 1.807) is 18.0 Å². The topological polar surface area (TPSA) is 29.5 Å². The van der Waals surface area contributed by atoms with Crippen LogP contribution in [0.4, 0.5) is 4.39 Å². The number of ether oxygens (including phenoxy) is 1. The Kier molecular flexibility index (Phi) is 5.97. The zero-order valence-electron chi connectivity index (χ0n) is 11.9. The first-order chi connectivity index (χ1) is 10.5. The molecule has 0 aliphatic rings. The molecule has 0 fully saturated rings. The van der Waals surface area contributed by atoms with Gasteiger partial charge in [-0.2, -0.15) is 0 Å². The van der Waals surface area contributed by atoms with Crippen molar-refractivity contribution in [2.45, 2.75) is 6.54 Å². The number of halogens is 3. The van der Waals surface area contributed by atoms with Crippen molar-refractivity contribution in [3.8, 4) is 5.75 Å². The van der Waals surface area contributed by atoms with Gasteiger partial charge < -0.3 is 9.64 Å². The molecule has 22 heavy (non-hydrogen) atoms. The van der Waals surface area contributed by atoms with Gasteiger partial charge >= 0.3 is 0 Å². The van der Waals surface area contributed by atoms with E-state index in [9.17, 15) is 9.18 Å². The van der Waals surface area contributed by atoms with Crippen LogP contribution in [0, 0.1) is 5.82 Å². The molecule has 0 saturated carbocycles. The molecule has 0 bridgehead atoms. The summed E-state index contributed by atoms with van der Waals surface area (Å²) >= 11 is 6.53. The van der Waals surface area contributed by atoms with Crippen LogP contribution in [0.15, 0.2) is 51.4 Å². The first-order valence-electron chi connectivity index (χ1n) is 6.52. The molecule has 2 aromatic carbocycles. The Morgan fingerprint density at radius 3 is 2.41 bits per heavy atom. The van der Waals surface area contributed by atoms with Gasteiger partial charge in [0.15, 0.2) is 18.2 Å². The fourth-order valence-corrected chi connectivity index (χ4v) is 2.39. The van der Waals surface area contributed by atoms with Crippen molar-refractivity contribution < 1.29 is 13.9 Å². The van der Waals surface area contributed by atoms with Crippen LogP contribution < -0.4 is 4.74 Å². The van der Waals surface area contributed by atoms with Crippen molar-refractivity contribution in [2.24, 2.45) is 0 Å². The molecule has 1 amide bonds. The Labute approximate surface area is 145 Å². The van der Waals surface area contributed by atoms with Gasteiger partial charge in [-0.3, -0.25) is 4.79 Å². The van der Waals surface area contributed by atoms with E-state index < -0.39 is 5.82 Å². The summed E-state index contributed by atoms with van der Waals surface area (Å²) in [5.41, 5.74) is 1.01. The number of carbonyl (C=O) groups excluding carboxylic acids is 1. The van der Waals surface area contributed by atoms with E-state index in [1.165, 1.54) is 12.1 Å². The van der Waals surface area contributed by atoms with Gasteiger partial charge in [0.1, 0.15) is 0 Å². The molecular formula is C16H14Br2FNO2. The predicted octanol–water partition coefficient (Wildman–Crippen LogP) is 4.39. The Bertz CT molecular complexity index is 662. The van der Waals surface area contributed by atoms with Gasteiger partial charge in [-0.25, -0.2) is 4.39 Å². The number of hydrogen-bond acceptors (Lipinski definition) is 2. The molecule has 6 heteroatoms. The molecule has 0 heterocycles. The predicted molar refractivity (Wildman–Crippen MR) is 90.2 cm³/mol. The summed E-state index contributed by atoms with van der Waals surface area (Å²) in [6.45, 7) is 0.268. The smallest absolute Gasteiger partial charge is 0.260 e. The number of likely N-dealkylation sites (N-methyl/N-ethyl adjacent to an activating group) is 1. The molecule has 0 spiro atoms. The maximum Gasteiger partial charge on any atom is 0.260 e. The second kappa shape index (κ2) is 7.74. The van der Waals surface area contributed by atoms with Crippen LogP contribution in [0.25, 0.3) is 0 Å². The zero-order chi connectivity index (χ0) is 16.1. The summed E-state index contributed by atoms with van der Waals surface area (Å²) in [4.78, 5) is 13.6. The van der Waals surface area contributed by atoms with Crippen molar-refractivity contribution in [1.29, 1.82) is 0 Å². The summed E-state index contributed by atoms with van der Waals surface area (Å²) in [5, 5.41) is 0. The van der Waals surface area contributed by atoms with Crippen molar-refractivity contribution in [2.75, 3.05) is 13.7 Å². The molecule has 116 valence electrons. The molecule has 2 aromatic rings. The average molecular weight is 431 g/mol. The highest BCUT2D eigenvalue weighted by Crippen LogP contribution is 2.21. The van der Waals surface area contributed by atoms with Crippen molar-refractivity contribution in [3.05, 3.63) is 62.8 Å². The summed E-state index contributed by atoms with van der Waals surface area (Å²) < 4.78 is 20.4. The summed E-state index contributed by atoms with van der Waals surface area (Å²) in [7, 11) is 1.69. The van der Waals surface area contributed by atoms with E-state index in [0.29, 0.717) is 11.0 Å². The molecule has 0 aromatic heterocycles. The van der Waals surface area contributed by atoms with Crippen LogP contribution in [0.2, 0.25) is 0 Å². The quantitative estimate of drug-likeness (QED) is 0.704. The van der Waals surface area contributed by atoms with Crippen molar-refractivity contribution in [3.63, 3.8) is 0 Å². The highest BCUT2D eigenvalue weighted by molar-refractivity contribution is 9.10. The maximum atomic E-state index is 13.6. The minimum atomic E-state index is -0.502. The van der Waals surface area contributed by atoms with Gasteiger partial charge in [-0.05, 0) is 35.9 Å². The second-order valence-corrected chi connectivity index (χ2v) is 6.57. The first-order valence-corrected chi connectivity index (χ1v) is 8.10. The molecule has 2 rings (SSSR count). The van der Waals surface area contributed by atoms with E-state index >= 15 is 0 Å². The number of rotatable bonds is 5. The molecule has 3 nitrogen and oxygen atoms in total. The number of benzene rings is 2. The van der Waals surface area contributed by atoms with Crippen LogP contribution in [0.1, 0.15) is 5.56 Å². The van der Waals surface area contributed by atoms with Gasteiger partial charge in [-0.1, -0.05) is 44.0 Å². The lowest BCUT2D eigenvalue weighted by Gasteiger charge is -2.17. The molecule has 0 unspecified atom stereocenters. The summed E-state index contributed by atoms with van der Waals surface area (Å²) in [5.74, 6) is -0.656. The van der Waals surface area contributed by atoms with Crippen LogP contribution in [-0.2, 0) is 11.3 Å². The van der Waals surface area contributed by atoms with Crippen LogP contribution in [-0.4, -0.2) is 24.5 Å². The van der Waals surface area contributed by atoms with E-state index in [-0.39, 0.29) is 18.3 Å². The van der Waals surface area contributed by atoms with Crippen molar-refractivity contribution >= 4 is 37.8 Å². The second-order valence-electron chi connectivity index (χ2n) is 4.74. The Hall–Kier alpha value is -1.40. The molecule has 0 saturated heterocycles. The minimum absolute atomic E-state index is 0.0635. The molecule has 0 aliphatic carbocycles. The Morgan fingerprint density at radius 2 is 1.77 bits per heavy atom. The van der Waals surface area contributed by atoms with Gasteiger partial charge in [0, 0.05) is 22.5 Å². The highest BCUT2D eigenvalue weighted by Gasteiger charge is 2.12. The van der Waals surface area contributed by atoms with Crippen LogP contribution in [0.3, 0.4) is 0 Å². The average Bonchev–Trinajstić information content (AvgIpc) is 2.48. The minimum Gasteiger partial charge on any atom is -0.481 e. The van der Waals surface area contributed by atoms with E-state index in [1.807, 2.05) is 24.3 Å². The third-order valence-corrected chi connectivity index (χ3v) is 4.03. The molecular weight excluding hydrogens is 417 g/mol. The number of nitrogens with zero attached hydrogens (tertiary/aromatic N) is 1. The highest BCUT2D eigenvalue weighted by atomic mass is 79.9. The SMILES string of the molecule is CN(Cc1ccc(Br)cc1)C(=O)COc1ccc(Br)cc1F. The lowest BCUT2D eigenvalue weighted by molar-refractivity contribution is -0.132. The standard InChI is InChI=1S/C16H14Br2FNO2/c1-20(9-11-2-4-12(17)5-3-11)16(21)10-22-15-7-6-13(18)8-14(15)19/h2-8H,9-10H2,1H3. The zero-order valence-corrected chi connectivity index (χ0v) is 15.0. The Balaban J connectivity index is 1.89. The molecule has 0 aliphatic heterocycles. The van der Waals surface area contributed by atoms with Crippen molar-refractivity contribution in [1.82, 2.24) is 4.90 Å². The largest absolute Gasteiger partial charge is 0.481 e. The monoisotopic (exact) mass is 429 g/mol. The fourth-order valence-electron chi connectivity index (χ4n) is 1.79. The third-order valence-electron chi connectivity index (χ3n) is 3.00. The third kappa shape index (κ3) is 4.81. The molecule has 0 radical (unpaired) electrons. The molecule has 0 atom stereocenters. The van der Waals surface area contributed by atoms with E-state index in [0.717, 1.165) is 10.0 Å². The fraction of sp³-hybridized carbons (Fsp3) is 0.188. The van der Waals surface area contributed by atoms with E-state index in [4.69, 9.17) is 4.74 Å². The number of carbonyl (C=O) groups is 1. The van der Waals surface area contributed by atoms with Gasteiger partial charge in [0.25, 0.3) is 5.91 Å². The van der Waals surface area contributed by atoms with Crippen LogP contribution in [0.5, 0.6) is 5.75 Å². The first kappa shape index (κ1) is 17.0. The normalized spacial score (nSPS) is 10.4. The Morgan fingerprint density at radius 1 is 1.14 bits per heavy atom. The number of amides is 1. The van der Waals surface area contributed by atoms with Gasteiger partial charge in [-0.15, -0.1) is 0 Å². The van der Waals surface area contributed by atoms with Gasteiger partial charge in [0.2, 0.25) is 0 Å². The maximum absolute atomic E-state index is 13.6. The van der Waals surface area contributed by atoms with Crippen LogP contribution >= 0.6 is 31.9 Å². The molecule has 0 N–H and O–H groups in total. The number of hydrogen-bond donors (Lipinski definition) is 0.